The molecule has 0 radical (unpaired) electrons. The summed E-state index contributed by atoms with van der Waals surface area (Å²) in [5, 5.41) is 0. The molecule has 2 nitrogen and oxygen atoms in total. The van der Waals surface area contributed by atoms with Gasteiger partial charge in [0.15, 0.2) is 5.60 Å². The van der Waals surface area contributed by atoms with E-state index in [0.717, 1.165) is 5.75 Å². The summed E-state index contributed by atoms with van der Waals surface area (Å²) in [6, 6.07) is 9.50. The average molecular weight is 195 g/mol. The van der Waals surface area contributed by atoms with E-state index in [2.05, 4.69) is 0 Å². The number of nitrogens with two attached hydrogens (primary N) is 1. The lowest BCUT2D eigenvalue weighted by Crippen LogP contribution is -2.41. The summed E-state index contributed by atoms with van der Waals surface area (Å²) in [6.45, 7) is 3.70. The molecule has 1 rings (SSSR count). The quantitative estimate of drug-likeness (QED) is 0.750. The first kappa shape index (κ1) is 9.99. The Labute approximate surface area is 83.7 Å². The molecule has 3 heteroatoms. The van der Waals surface area contributed by atoms with Gasteiger partial charge in [-0.3, -0.25) is 0 Å². The van der Waals surface area contributed by atoms with Gasteiger partial charge >= 0.3 is 0 Å². The van der Waals surface area contributed by atoms with Crippen LogP contribution in [0.15, 0.2) is 30.3 Å². The fourth-order valence-corrected chi connectivity index (χ4v) is 0.875. The molecular weight excluding hydrogens is 182 g/mol. The molecule has 0 unspecified atom stereocenters. The van der Waals surface area contributed by atoms with Crippen molar-refractivity contribution >= 4 is 17.2 Å². The van der Waals surface area contributed by atoms with Gasteiger partial charge in [0, 0.05) is 0 Å². The molecule has 0 aromatic heterocycles. The highest BCUT2D eigenvalue weighted by molar-refractivity contribution is 7.80. The van der Waals surface area contributed by atoms with Gasteiger partial charge in [0.25, 0.3) is 0 Å². The minimum atomic E-state index is -0.587. The molecule has 13 heavy (non-hydrogen) atoms. The van der Waals surface area contributed by atoms with Crippen LogP contribution in [-0.4, -0.2) is 10.6 Å². The average Bonchev–Trinajstić information content (AvgIpc) is 2.05. The predicted molar refractivity (Wildman–Crippen MR) is 57.9 cm³/mol. The molecule has 0 atom stereocenters. The van der Waals surface area contributed by atoms with E-state index in [9.17, 15) is 0 Å². The van der Waals surface area contributed by atoms with Crippen molar-refractivity contribution in [2.75, 3.05) is 0 Å². The molecule has 0 amide bonds. The third kappa shape index (κ3) is 2.70. The van der Waals surface area contributed by atoms with Crippen molar-refractivity contribution in [2.24, 2.45) is 5.73 Å². The standard InChI is InChI=1S/C10H13NOS/c1-10(2,9(11)13)12-8-6-4-3-5-7-8/h3-7H,1-2H3,(H2,11,13). The molecule has 0 saturated heterocycles. The van der Waals surface area contributed by atoms with E-state index in [4.69, 9.17) is 22.7 Å². The number of hydrogen-bond acceptors (Lipinski definition) is 2. The van der Waals surface area contributed by atoms with E-state index in [1.807, 2.05) is 44.2 Å². The van der Waals surface area contributed by atoms with E-state index in [-0.39, 0.29) is 0 Å². The van der Waals surface area contributed by atoms with Crippen LogP contribution in [0.1, 0.15) is 13.8 Å². The molecule has 0 saturated carbocycles. The molecule has 1 aromatic carbocycles. The fourth-order valence-electron chi connectivity index (χ4n) is 0.833. The van der Waals surface area contributed by atoms with Gasteiger partial charge in [0.1, 0.15) is 10.7 Å². The summed E-state index contributed by atoms with van der Waals surface area (Å²) in [6.07, 6.45) is 0. The topological polar surface area (TPSA) is 35.2 Å². The fraction of sp³-hybridized carbons (Fsp3) is 0.300. The maximum atomic E-state index is 5.60. The summed E-state index contributed by atoms with van der Waals surface area (Å²) in [7, 11) is 0. The van der Waals surface area contributed by atoms with Gasteiger partial charge in [-0.05, 0) is 26.0 Å². The number of benzene rings is 1. The van der Waals surface area contributed by atoms with Crippen LogP contribution < -0.4 is 10.5 Å². The highest BCUT2D eigenvalue weighted by Gasteiger charge is 2.22. The highest BCUT2D eigenvalue weighted by atomic mass is 32.1. The van der Waals surface area contributed by atoms with Crippen molar-refractivity contribution < 1.29 is 4.74 Å². The molecule has 70 valence electrons. The smallest absolute Gasteiger partial charge is 0.153 e. The summed E-state index contributed by atoms with van der Waals surface area (Å²) < 4.78 is 5.60. The zero-order chi connectivity index (χ0) is 9.90. The number of thiocarbonyl (C=S) groups is 1. The molecule has 0 bridgehead atoms. The largest absolute Gasteiger partial charge is 0.481 e. The number of rotatable bonds is 3. The van der Waals surface area contributed by atoms with Gasteiger partial charge in [0.05, 0.1) is 0 Å². The Hall–Kier alpha value is -1.09. The van der Waals surface area contributed by atoms with Gasteiger partial charge in [-0.2, -0.15) is 0 Å². The first-order chi connectivity index (χ1) is 6.02. The van der Waals surface area contributed by atoms with Gasteiger partial charge in [-0.25, -0.2) is 0 Å². The van der Waals surface area contributed by atoms with Crippen LogP contribution in [0, 0.1) is 0 Å². The lowest BCUT2D eigenvalue weighted by atomic mass is 10.1. The van der Waals surface area contributed by atoms with E-state index < -0.39 is 5.60 Å². The van der Waals surface area contributed by atoms with Crippen molar-refractivity contribution in [3.63, 3.8) is 0 Å². The Kier molecular flexibility index (Phi) is 2.88. The second-order valence-electron chi connectivity index (χ2n) is 3.29. The van der Waals surface area contributed by atoms with Gasteiger partial charge in [-0.15, -0.1) is 0 Å². The Morgan fingerprint density at radius 2 is 1.85 bits per heavy atom. The molecule has 2 N–H and O–H groups in total. The molecule has 0 fully saturated rings. The summed E-state index contributed by atoms with van der Waals surface area (Å²) in [5.74, 6) is 0.778. The second kappa shape index (κ2) is 3.75. The Morgan fingerprint density at radius 3 is 2.31 bits per heavy atom. The van der Waals surface area contributed by atoms with Crippen LogP contribution in [0.4, 0.5) is 0 Å². The second-order valence-corrected chi connectivity index (χ2v) is 3.73. The molecule has 0 aliphatic heterocycles. The third-order valence-electron chi connectivity index (χ3n) is 1.71. The molecule has 0 spiro atoms. The van der Waals surface area contributed by atoms with Crippen LogP contribution >= 0.6 is 12.2 Å². The van der Waals surface area contributed by atoms with Crippen molar-refractivity contribution in [3.05, 3.63) is 30.3 Å². The van der Waals surface area contributed by atoms with Gasteiger partial charge in [-0.1, -0.05) is 30.4 Å². The maximum absolute atomic E-state index is 5.60. The summed E-state index contributed by atoms with van der Waals surface area (Å²) in [5.41, 5.74) is 4.94. The molecular formula is C10H13NOS. The van der Waals surface area contributed by atoms with E-state index >= 15 is 0 Å². The van der Waals surface area contributed by atoms with Crippen molar-refractivity contribution in [1.82, 2.24) is 0 Å². The van der Waals surface area contributed by atoms with E-state index in [0.29, 0.717) is 4.99 Å². The highest BCUT2D eigenvalue weighted by Crippen LogP contribution is 2.17. The van der Waals surface area contributed by atoms with Gasteiger partial charge in [0.2, 0.25) is 0 Å². The molecule has 0 aliphatic rings. The maximum Gasteiger partial charge on any atom is 0.153 e. The summed E-state index contributed by atoms with van der Waals surface area (Å²) >= 11 is 4.88. The van der Waals surface area contributed by atoms with Crippen LogP contribution in [0.25, 0.3) is 0 Å². The number of hydrogen-bond donors (Lipinski definition) is 1. The zero-order valence-corrected chi connectivity index (χ0v) is 8.60. The normalized spacial score (nSPS) is 10.9. The Bertz CT molecular complexity index is 295. The van der Waals surface area contributed by atoms with E-state index in [1.165, 1.54) is 0 Å². The third-order valence-corrected chi connectivity index (χ3v) is 2.20. The Balaban J connectivity index is 2.75. The Morgan fingerprint density at radius 1 is 1.31 bits per heavy atom. The zero-order valence-electron chi connectivity index (χ0n) is 7.78. The van der Waals surface area contributed by atoms with Crippen molar-refractivity contribution in [2.45, 2.75) is 19.4 Å². The number of ether oxygens (including phenoxy) is 1. The van der Waals surface area contributed by atoms with Crippen LogP contribution in [0.5, 0.6) is 5.75 Å². The van der Waals surface area contributed by atoms with Crippen LogP contribution in [0.3, 0.4) is 0 Å². The first-order valence-electron chi connectivity index (χ1n) is 4.06. The first-order valence-corrected chi connectivity index (χ1v) is 4.47. The number of para-hydroxylation sites is 1. The van der Waals surface area contributed by atoms with Crippen LogP contribution in [-0.2, 0) is 0 Å². The lowest BCUT2D eigenvalue weighted by molar-refractivity contribution is 0.184. The van der Waals surface area contributed by atoms with Gasteiger partial charge < -0.3 is 10.5 Å². The molecule has 0 heterocycles. The predicted octanol–water partition coefficient (Wildman–Crippen LogP) is 2.13. The molecule has 1 aromatic rings. The summed E-state index contributed by atoms with van der Waals surface area (Å²) in [4.78, 5) is 0.358. The van der Waals surface area contributed by atoms with Crippen LogP contribution in [0.2, 0.25) is 0 Å². The monoisotopic (exact) mass is 195 g/mol. The minimum absolute atomic E-state index is 0.358. The minimum Gasteiger partial charge on any atom is -0.481 e. The lowest BCUT2D eigenvalue weighted by Gasteiger charge is -2.24. The SMILES string of the molecule is CC(C)(Oc1ccccc1)C(N)=S. The molecule has 0 aliphatic carbocycles. The van der Waals surface area contributed by atoms with Crippen molar-refractivity contribution in [1.29, 1.82) is 0 Å². The van der Waals surface area contributed by atoms with E-state index in [1.54, 1.807) is 0 Å². The van der Waals surface area contributed by atoms with Crippen molar-refractivity contribution in [3.8, 4) is 5.75 Å².